The van der Waals surface area contributed by atoms with Crippen molar-refractivity contribution >= 4 is 0 Å². The Morgan fingerprint density at radius 2 is 1.36 bits per heavy atom. The molecule has 4 saturated carbocycles. The minimum Gasteiger partial charge on any atom is -0.0499 e. The van der Waals surface area contributed by atoms with Gasteiger partial charge in [-0.25, -0.2) is 0 Å². The van der Waals surface area contributed by atoms with Gasteiger partial charge in [0.25, 0.3) is 0 Å². The van der Waals surface area contributed by atoms with E-state index in [9.17, 15) is 0 Å². The van der Waals surface area contributed by atoms with E-state index in [1.807, 2.05) is 0 Å². The Morgan fingerprint density at radius 1 is 0.636 bits per heavy atom. The lowest BCUT2D eigenvalue weighted by molar-refractivity contribution is 0.0638. The molecular weight excluding hydrogens is 132 g/mol. The predicted molar refractivity (Wildman–Crippen MR) is 44.0 cm³/mol. The maximum Gasteiger partial charge on any atom is -0.0323 e. The van der Waals surface area contributed by atoms with Gasteiger partial charge in [-0.1, -0.05) is 0 Å². The molecule has 60 valence electrons. The van der Waals surface area contributed by atoms with Crippen LogP contribution in [0.3, 0.4) is 0 Å². The highest BCUT2D eigenvalue weighted by Crippen LogP contribution is 2.71. The third-order valence-corrected chi connectivity index (χ3v) is 5.46. The van der Waals surface area contributed by atoms with Crippen molar-refractivity contribution in [2.24, 2.45) is 35.5 Å². The van der Waals surface area contributed by atoms with E-state index in [0.717, 1.165) is 0 Å². The SMILES string of the molecule is C1C[C@@H]2C3CC1C2[C@@H]1CCC31. The van der Waals surface area contributed by atoms with Crippen molar-refractivity contribution < 1.29 is 0 Å². The molecule has 0 nitrogen and oxygen atoms in total. The fraction of sp³-hybridized carbons (Fsp3) is 1.00. The van der Waals surface area contributed by atoms with Crippen LogP contribution in [0.25, 0.3) is 0 Å². The van der Waals surface area contributed by atoms with Gasteiger partial charge >= 0.3 is 0 Å². The Balaban J connectivity index is 1.82. The molecule has 0 N–H and O–H groups in total. The zero-order valence-corrected chi connectivity index (χ0v) is 7.00. The van der Waals surface area contributed by atoms with Crippen molar-refractivity contribution in [3.05, 3.63) is 0 Å². The smallest absolute Gasteiger partial charge is 0.0323 e. The Bertz CT molecular complexity index is 208. The van der Waals surface area contributed by atoms with E-state index in [1.165, 1.54) is 35.5 Å². The van der Waals surface area contributed by atoms with Gasteiger partial charge in [0.05, 0.1) is 0 Å². The molecule has 0 aromatic heterocycles. The first-order chi connectivity index (χ1) is 5.45. The van der Waals surface area contributed by atoms with Gasteiger partial charge < -0.3 is 0 Å². The second kappa shape index (κ2) is 1.53. The molecule has 0 aromatic rings. The van der Waals surface area contributed by atoms with Crippen molar-refractivity contribution in [2.45, 2.75) is 32.1 Å². The molecule has 0 spiro atoms. The Labute approximate surface area is 68.4 Å². The summed E-state index contributed by atoms with van der Waals surface area (Å²) in [5, 5.41) is 0. The Kier molecular flexibility index (Phi) is 0.781. The van der Waals surface area contributed by atoms with Crippen LogP contribution in [0.15, 0.2) is 0 Å². The van der Waals surface area contributed by atoms with E-state index >= 15 is 0 Å². The molecular formula is C11H16. The quantitative estimate of drug-likeness (QED) is 0.495. The number of hydrogen-bond donors (Lipinski definition) is 0. The summed E-state index contributed by atoms with van der Waals surface area (Å²) in [5.41, 5.74) is 0. The lowest BCUT2D eigenvalue weighted by Crippen LogP contribution is -2.35. The summed E-state index contributed by atoms with van der Waals surface area (Å²) in [4.78, 5) is 0. The first-order valence-electron chi connectivity index (χ1n) is 5.45. The Hall–Kier alpha value is 0. The topological polar surface area (TPSA) is 0 Å². The molecule has 4 aliphatic rings. The van der Waals surface area contributed by atoms with Crippen LogP contribution in [-0.2, 0) is 0 Å². The number of hydrogen-bond acceptors (Lipinski definition) is 0. The van der Waals surface area contributed by atoms with Crippen LogP contribution in [0.5, 0.6) is 0 Å². The summed E-state index contributed by atoms with van der Waals surface area (Å²) < 4.78 is 0. The molecule has 0 aliphatic heterocycles. The highest BCUT2D eigenvalue weighted by Gasteiger charge is 2.63. The fourth-order valence-electron chi connectivity index (χ4n) is 5.16. The van der Waals surface area contributed by atoms with E-state index in [4.69, 9.17) is 0 Å². The monoisotopic (exact) mass is 148 g/mol. The molecule has 4 fully saturated rings. The first-order valence-corrected chi connectivity index (χ1v) is 5.45. The molecule has 0 radical (unpaired) electrons. The first kappa shape index (κ1) is 5.61. The maximum absolute atomic E-state index is 1.65. The molecule has 4 rings (SSSR count). The van der Waals surface area contributed by atoms with Gasteiger partial charge in [-0.3, -0.25) is 0 Å². The summed E-state index contributed by atoms with van der Waals surface area (Å²) in [6, 6.07) is 0. The van der Waals surface area contributed by atoms with E-state index < -0.39 is 0 Å². The third-order valence-electron chi connectivity index (χ3n) is 5.46. The normalized spacial score (nSPS) is 69.8. The van der Waals surface area contributed by atoms with Crippen molar-refractivity contribution in [1.82, 2.24) is 0 Å². The van der Waals surface area contributed by atoms with Crippen LogP contribution < -0.4 is 0 Å². The van der Waals surface area contributed by atoms with Gasteiger partial charge in [-0.2, -0.15) is 0 Å². The van der Waals surface area contributed by atoms with Crippen LogP contribution in [0.4, 0.5) is 0 Å². The summed E-state index contributed by atoms with van der Waals surface area (Å²) >= 11 is 0. The summed E-state index contributed by atoms with van der Waals surface area (Å²) in [6.07, 6.45) is 8.09. The molecule has 4 unspecified atom stereocenters. The van der Waals surface area contributed by atoms with Crippen molar-refractivity contribution in [1.29, 1.82) is 0 Å². The molecule has 0 saturated heterocycles. The molecule has 0 amide bonds. The van der Waals surface area contributed by atoms with E-state index in [2.05, 4.69) is 0 Å². The lowest BCUT2D eigenvalue weighted by atomic mass is 9.62. The standard InChI is InChI=1S/C11H16/c1-2-9-10-5-6(1)11(9)8-4-3-7(8)10/h6-11H,1-5H2/t6?,7?,8-,9-,10?,11?/m1/s1. The van der Waals surface area contributed by atoms with Crippen LogP contribution in [-0.4, -0.2) is 0 Å². The van der Waals surface area contributed by atoms with Gasteiger partial charge in [0.1, 0.15) is 0 Å². The molecule has 0 heterocycles. The molecule has 0 aromatic carbocycles. The summed E-state index contributed by atoms with van der Waals surface area (Å²) in [7, 11) is 0. The predicted octanol–water partition coefficient (Wildman–Crippen LogP) is 2.69. The van der Waals surface area contributed by atoms with Crippen LogP contribution in [0, 0.1) is 35.5 Å². The lowest BCUT2D eigenvalue weighted by Gasteiger charge is -2.43. The Morgan fingerprint density at radius 3 is 2.09 bits per heavy atom. The molecule has 0 heteroatoms. The van der Waals surface area contributed by atoms with E-state index in [-0.39, 0.29) is 0 Å². The van der Waals surface area contributed by atoms with Gasteiger partial charge in [-0.15, -0.1) is 0 Å². The third kappa shape index (κ3) is 0.443. The second-order valence-electron chi connectivity index (χ2n) is 5.38. The van der Waals surface area contributed by atoms with Gasteiger partial charge in [0.2, 0.25) is 0 Å². The molecule has 4 aliphatic carbocycles. The number of rotatable bonds is 0. The van der Waals surface area contributed by atoms with E-state index in [1.54, 1.807) is 32.1 Å². The van der Waals surface area contributed by atoms with Gasteiger partial charge in [0.15, 0.2) is 0 Å². The number of fused-ring (bicyclic) bond motifs is 2. The molecule has 11 heavy (non-hydrogen) atoms. The van der Waals surface area contributed by atoms with Gasteiger partial charge in [-0.05, 0) is 67.6 Å². The van der Waals surface area contributed by atoms with E-state index in [0.29, 0.717) is 0 Å². The second-order valence-corrected chi connectivity index (χ2v) is 5.38. The van der Waals surface area contributed by atoms with Gasteiger partial charge in [0, 0.05) is 0 Å². The highest BCUT2D eigenvalue weighted by molar-refractivity contribution is 5.12. The highest BCUT2D eigenvalue weighted by atomic mass is 14.7. The zero-order valence-electron chi connectivity index (χ0n) is 7.00. The minimum absolute atomic E-state index is 1.21. The van der Waals surface area contributed by atoms with Crippen molar-refractivity contribution in [3.63, 3.8) is 0 Å². The average Bonchev–Trinajstić information content (AvgIpc) is 2.48. The summed E-state index contributed by atoms with van der Waals surface area (Å²) in [6.45, 7) is 0. The van der Waals surface area contributed by atoms with Crippen LogP contribution in [0.1, 0.15) is 32.1 Å². The maximum atomic E-state index is 1.65. The largest absolute Gasteiger partial charge is 0.0499 e. The fourth-order valence-corrected chi connectivity index (χ4v) is 5.16. The molecule has 4 bridgehead atoms. The van der Waals surface area contributed by atoms with Crippen molar-refractivity contribution in [2.75, 3.05) is 0 Å². The van der Waals surface area contributed by atoms with Crippen LogP contribution >= 0.6 is 0 Å². The van der Waals surface area contributed by atoms with Crippen LogP contribution in [0.2, 0.25) is 0 Å². The van der Waals surface area contributed by atoms with Crippen molar-refractivity contribution in [3.8, 4) is 0 Å². The average molecular weight is 148 g/mol. The summed E-state index contributed by atoms with van der Waals surface area (Å²) in [5.74, 6) is 7.41. The molecule has 6 atom stereocenters. The zero-order chi connectivity index (χ0) is 7.00. The minimum atomic E-state index is 1.21.